The number of aryl methyl sites for hydroxylation is 2. The van der Waals surface area contributed by atoms with Gasteiger partial charge in [-0.3, -0.25) is 4.79 Å². The van der Waals surface area contributed by atoms with Crippen LogP contribution in [0.4, 0.5) is 5.69 Å². The van der Waals surface area contributed by atoms with Crippen LogP contribution in [-0.2, 0) is 21.2 Å². The molecule has 8 nitrogen and oxygen atoms in total. The lowest BCUT2D eigenvalue weighted by Gasteiger charge is -2.31. The maximum absolute atomic E-state index is 13.5. The fourth-order valence-electron chi connectivity index (χ4n) is 3.98. The van der Waals surface area contributed by atoms with Gasteiger partial charge in [0.05, 0.1) is 15.7 Å². The van der Waals surface area contributed by atoms with E-state index in [0.717, 1.165) is 12.1 Å². The number of hydrogen-bond acceptors (Lipinski definition) is 7. The van der Waals surface area contributed by atoms with Crippen molar-refractivity contribution in [2.75, 3.05) is 18.4 Å². The zero-order chi connectivity index (χ0) is 24.5. The maximum atomic E-state index is 13.5. The third-order valence-corrected chi connectivity index (χ3v) is 9.20. The summed E-state index contributed by atoms with van der Waals surface area (Å²) in [6.07, 6.45) is 2.21. The van der Waals surface area contributed by atoms with Gasteiger partial charge >= 0.3 is 0 Å². The van der Waals surface area contributed by atoms with Gasteiger partial charge in [0.1, 0.15) is 0 Å². The van der Waals surface area contributed by atoms with E-state index in [1.54, 1.807) is 13.0 Å². The fourth-order valence-corrected chi connectivity index (χ4v) is 6.99. The molecule has 0 aliphatic carbocycles. The van der Waals surface area contributed by atoms with Crippen molar-refractivity contribution in [3.63, 3.8) is 0 Å². The van der Waals surface area contributed by atoms with Crippen LogP contribution in [0.5, 0.6) is 0 Å². The Balaban J connectivity index is 1.49. The van der Waals surface area contributed by atoms with Crippen molar-refractivity contribution in [2.45, 2.75) is 57.8 Å². The number of nitrogens with zero attached hydrogens (tertiary/aromatic N) is 3. The lowest BCUT2D eigenvalue weighted by atomic mass is 9.98. The van der Waals surface area contributed by atoms with Gasteiger partial charge in [0, 0.05) is 29.6 Å². The summed E-state index contributed by atoms with van der Waals surface area (Å²) in [5.74, 6) is 0.438. The first-order chi connectivity index (χ1) is 16.2. The second-order valence-electron chi connectivity index (χ2n) is 8.88. The number of aromatic nitrogens is 2. The average Bonchev–Trinajstić information content (AvgIpc) is 3.47. The zero-order valence-corrected chi connectivity index (χ0v) is 21.5. The molecule has 1 fully saturated rings. The molecule has 1 amide bonds. The van der Waals surface area contributed by atoms with E-state index in [2.05, 4.69) is 22.4 Å². The molecule has 1 saturated heterocycles. The SMILES string of the molecule is CCc1ccc(NC(=O)[C@@H]2CCCN(S(=O)(=O)c3cc(-c4noc(C(C)C)n4)sc3C)C2)cc1. The van der Waals surface area contributed by atoms with Crippen molar-refractivity contribution in [3.05, 3.63) is 46.7 Å². The number of anilines is 1. The van der Waals surface area contributed by atoms with Crippen molar-refractivity contribution < 1.29 is 17.7 Å². The molecule has 3 aromatic rings. The molecule has 1 aliphatic rings. The smallest absolute Gasteiger partial charge is 0.244 e. The van der Waals surface area contributed by atoms with Gasteiger partial charge in [-0.05, 0) is 49.9 Å². The quantitative estimate of drug-likeness (QED) is 0.496. The Kier molecular flexibility index (Phi) is 7.20. The summed E-state index contributed by atoms with van der Waals surface area (Å²) in [6, 6.07) is 9.35. The minimum Gasteiger partial charge on any atom is -0.339 e. The molecule has 3 heterocycles. The van der Waals surface area contributed by atoms with E-state index in [4.69, 9.17) is 4.52 Å². The van der Waals surface area contributed by atoms with E-state index < -0.39 is 15.9 Å². The van der Waals surface area contributed by atoms with E-state index in [9.17, 15) is 13.2 Å². The molecule has 0 spiro atoms. The maximum Gasteiger partial charge on any atom is 0.244 e. The highest BCUT2D eigenvalue weighted by Gasteiger charge is 2.35. The number of piperidine rings is 1. The highest BCUT2D eigenvalue weighted by Crippen LogP contribution is 2.35. The molecule has 0 bridgehead atoms. The number of nitrogens with one attached hydrogen (secondary N) is 1. The Morgan fingerprint density at radius 2 is 2.03 bits per heavy atom. The van der Waals surface area contributed by atoms with Crippen LogP contribution in [0.15, 0.2) is 39.8 Å². The highest BCUT2D eigenvalue weighted by molar-refractivity contribution is 7.89. The summed E-state index contributed by atoms with van der Waals surface area (Å²) in [4.78, 5) is 18.8. The highest BCUT2D eigenvalue weighted by atomic mass is 32.2. The average molecular weight is 503 g/mol. The van der Waals surface area contributed by atoms with Crippen LogP contribution < -0.4 is 5.32 Å². The number of rotatable bonds is 7. The second kappa shape index (κ2) is 9.97. The van der Waals surface area contributed by atoms with Crippen molar-refractivity contribution in [2.24, 2.45) is 5.92 Å². The van der Waals surface area contributed by atoms with Crippen molar-refractivity contribution in [1.29, 1.82) is 0 Å². The van der Waals surface area contributed by atoms with Gasteiger partial charge in [-0.15, -0.1) is 11.3 Å². The van der Waals surface area contributed by atoms with Crippen LogP contribution in [0.2, 0.25) is 0 Å². The van der Waals surface area contributed by atoms with Gasteiger partial charge in [0.2, 0.25) is 27.6 Å². The number of amides is 1. The van der Waals surface area contributed by atoms with Crippen LogP contribution in [0.1, 0.15) is 55.9 Å². The molecule has 0 saturated carbocycles. The van der Waals surface area contributed by atoms with E-state index in [1.807, 2.05) is 38.1 Å². The second-order valence-corrected chi connectivity index (χ2v) is 12.0. The standard InChI is InChI=1S/C24H30N4O4S2/c1-5-17-8-10-19(11-9-17)25-23(29)18-7-6-12-28(14-18)34(30,31)21-13-20(33-16(21)4)22-26-24(15(2)3)32-27-22/h8-11,13,15,18H,5-7,12,14H2,1-4H3,(H,25,29)/t18-/m1/s1. The van der Waals surface area contributed by atoms with Gasteiger partial charge in [-0.25, -0.2) is 8.42 Å². The van der Waals surface area contributed by atoms with Crippen molar-refractivity contribution in [3.8, 4) is 10.7 Å². The summed E-state index contributed by atoms with van der Waals surface area (Å²) in [6.45, 7) is 8.31. The van der Waals surface area contributed by atoms with Gasteiger partial charge in [0.15, 0.2) is 0 Å². The van der Waals surface area contributed by atoms with Gasteiger partial charge in [0.25, 0.3) is 0 Å². The molecule has 0 radical (unpaired) electrons. The zero-order valence-electron chi connectivity index (χ0n) is 19.9. The first-order valence-electron chi connectivity index (χ1n) is 11.5. The minimum absolute atomic E-state index is 0.0894. The lowest BCUT2D eigenvalue weighted by Crippen LogP contribution is -2.43. The molecular formula is C24H30N4O4S2. The van der Waals surface area contributed by atoms with E-state index in [-0.39, 0.29) is 23.3 Å². The predicted molar refractivity (Wildman–Crippen MR) is 132 cm³/mol. The number of benzene rings is 1. The Morgan fingerprint density at radius 1 is 1.29 bits per heavy atom. The minimum atomic E-state index is -3.76. The molecule has 10 heteroatoms. The number of hydrogen-bond donors (Lipinski definition) is 1. The van der Waals surface area contributed by atoms with Crippen LogP contribution in [0.3, 0.4) is 0 Å². The Hall–Kier alpha value is -2.56. The van der Waals surface area contributed by atoms with E-state index in [0.29, 0.717) is 40.9 Å². The molecule has 1 atom stereocenters. The lowest BCUT2D eigenvalue weighted by molar-refractivity contribution is -0.120. The van der Waals surface area contributed by atoms with Gasteiger partial charge < -0.3 is 9.84 Å². The van der Waals surface area contributed by atoms with Gasteiger partial charge in [-0.1, -0.05) is 38.1 Å². The third kappa shape index (κ3) is 5.08. The number of sulfonamides is 1. The molecule has 1 N–H and O–H groups in total. The first kappa shape index (κ1) is 24.6. The molecule has 4 rings (SSSR count). The van der Waals surface area contributed by atoms with Crippen molar-refractivity contribution in [1.82, 2.24) is 14.4 Å². The summed E-state index contributed by atoms with van der Waals surface area (Å²) in [5, 5.41) is 6.94. The summed E-state index contributed by atoms with van der Waals surface area (Å²) in [5.41, 5.74) is 1.92. The molecule has 34 heavy (non-hydrogen) atoms. The summed E-state index contributed by atoms with van der Waals surface area (Å²) in [7, 11) is -3.76. The third-order valence-electron chi connectivity index (χ3n) is 6.03. The van der Waals surface area contributed by atoms with Crippen molar-refractivity contribution >= 4 is 33.0 Å². The molecular weight excluding hydrogens is 472 g/mol. The summed E-state index contributed by atoms with van der Waals surface area (Å²) < 4.78 is 33.7. The molecule has 1 aromatic carbocycles. The van der Waals surface area contributed by atoms with Crippen LogP contribution >= 0.6 is 11.3 Å². The monoisotopic (exact) mass is 502 g/mol. The molecule has 182 valence electrons. The largest absolute Gasteiger partial charge is 0.339 e. The molecule has 0 unspecified atom stereocenters. The Morgan fingerprint density at radius 3 is 2.68 bits per heavy atom. The first-order valence-corrected chi connectivity index (χ1v) is 13.8. The fraction of sp³-hybridized carbons (Fsp3) is 0.458. The van der Waals surface area contributed by atoms with Gasteiger partial charge in [-0.2, -0.15) is 9.29 Å². The Labute approximate surface area is 204 Å². The molecule has 2 aromatic heterocycles. The van der Waals surface area contributed by atoms with E-state index >= 15 is 0 Å². The van der Waals surface area contributed by atoms with Crippen LogP contribution in [0.25, 0.3) is 10.7 Å². The van der Waals surface area contributed by atoms with Crippen LogP contribution in [0, 0.1) is 12.8 Å². The predicted octanol–water partition coefficient (Wildman–Crippen LogP) is 4.83. The number of carbonyl (C=O) groups excluding carboxylic acids is 1. The topological polar surface area (TPSA) is 105 Å². The molecule has 1 aliphatic heterocycles. The van der Waals surface area contributed by atoms with E-state index in [1.165, 1.54) is 21.2 Å². The number of thiophene rings is 1. The van der Waals surface area contributed by atoms with Crippen LogP contribution in [-0.4, -0.2) is 41.9 Å². The normalized spacial score (nSPS) is 17.3. The number of carbonyl (C=O) groups is 1. The summed E-state index contributed by atoms with van der Waals surface area (Å²) >= 11 is 1.33. The Bertz CT molecular complexity index is 1260.